The number of nitrogens with zero attached hydrogens (tertiary/aromatic N) is 4. The Labute approximate surface area is 108 Å². The van der Waals surface area contributed by atoms with Crippen LogP contribution in [0.2, 0.25) is 0 Å². The summed E-state index contributed by atoms with van der Waals surface area (Å²) in [5, 5.41) is 16.7. The molecule has 0 spiro atoms. The van der Waals surface area contributed by atoms with Crippen molar-refractivity contribution in [2.45, 2.75) is 0 Å². The highest BCUT2D eigenvalue weighted by molar-refractivity contribution is 6.03. The lowest BCUT2D eigenvalue weighted by Gasteiger charge is -2.09. The highest BCUT2D eigenvalue weighted by atomic mass is 16.2. The van der Waals surface area contributed by atoms with Gasteiger partial charge in [-0.05, 0) is 18.2 Å². The van der Waals surface area contributed by atoms with E-state index in [-0.39, 0.29) is 11.6 Å². The van der Waals surface area contributed by atoms with E-state index in [1.54, 1.807) is 23.1 Å². The standard InChI is InChI=1S/C12H10N6O/c19-12(10-8-13-17-16-10)15-9-4-1-2-5-11(9)18-7-3-6-14-18/h1-8H,(H,15,19)(H,13,16,17). The molecule has 2 aromatic heterocycles. The topological polar surface area (TPSA) is 88.5 Å². The van der Waals surface area contributed by atoms with E-state index >= 15 is 0 Å². The predicted molar refractivity (Wildman–Crippen MR) is 67.9 cm³/mol. The van der Waals surface area contributed by atoms with Gasteiger partial charge in [-0.3, -0.25) is 4.79 Å². The molecule has 7 heteroatoms. The van der Waals surface area contributed by atoms with Gasteiger partial charge in [-0.2, -0.15) is 20.5 Å². The van der Waals surface area contributed by atoms with Crippen LogP contribution in [0.3, 0.4) is 0 Å². The minimum atomic E-state index is -0.326. The molecule has 7 nitrogen and oxygen atoms in total. The number of aromatic amines is 1. The van der Waals surface area contributed by atoms with E-state index in [9.17, 15) is 4.79 Å². The number of nitrogens with one attached hydrogen (secondary N) is 2. The smallest absolute Gasteiger partial charge is 0.277 e. The summed E-state index contributed by atoms with van der Waals surface area (Å²) >= 11 is 0. The lowest BCUT2D eigenvalue weighted by molar-refractivity contribution is 0.102. The van der Waals surface area contributed by atoms with E-state index in [0.717, 1.165) is 5.69 Å². The maximum Gasteiger partial charge on any atom is 0.277 e. The molecule has 0 fully saturated rings. The molecular weight excluding hydrogens is 244 g/mol. The molecule has 19 heavy (non-hydrogen) atoms. The lowest BCUT2D eigenvalue weighted by Crippen LogP contribution is -2.14. The zero-order chi connectivity index (χ0) is 13.1. The molecule has 0 aliphatic rings. The van der Waals surface area contributed by atoms with Crippen molar-refractivity contribution in [3.63, 3.8) is 0 Å². The third-order valence-electron chi connectivity index (χ3n) is 2.55. The molecule has 0 bridgehead atoms. The molecule has 0 unspecified atom stereocenters. The lowest BCUT2D eigenvalue weighted by atomic mass is 10.2. The molecular formula is C12H10N6O. The van der Waals surface area contributed by atoms with Crippen LogP contribution in [-0.4, -0.2) is 31.1 Å². The fraction of sp³-hybridized carbons (Fsp3) is 0. The van der Waals surface area contributed by atoms with E-state index < -0.39 is 0 Å². The summed E-state index contributed by atoms with van der Waals surface area (Å²) in [5.41, 5.74) is 1.67. The van der Waals surface area contributed by atoms with Gasteiger partial charge in [-0.15, -0.1) is 0 Å². The molecule has 94 valence electrons. The number of hydrogen-bond acceptors (Lipinski definition) is 4. The molecule has 0 saturated heterocycles. The van der Waals surface area contributed by atoms with Crippen molar-refractivity contribution < 1.29 is 4.79 Å². The summed E-state index contributed by atoms with van der Waals surface area (Å²) in [6.07, 6.45) is 4.85. The van der Waals surface area contributed by atoms with Gasteiger partial charge in [-0.1, -0.05) is 12.1 Å². The van der Waals surface area contributed by atoms with Crippen molar-refractivity contribution in [3.05, 3.63) is 54.6 Å². The van der Waals surface area contributed by atoms with Gasteiger partial charge in [0, 0.05) is 12.4 Å². The van der Waals surface area contributed by atoms with E-state index in [2.05, 4.69) is 25.8 Å². The Morgan fingerprint density at radius 2 is 2.16 bits per heavy atom. The van der Waals surface area contributed by atoms with E-state index in [1.165, 1.54) is 6.20 Å². The number of carbonyl (C=O) groups is 1. The fourth-order valence-electron chi connectivity index (χ4n) is 1.69. The molecule has 0 aliphatic carbocycles. The van der Waals surface area contributed by atoms with Gasteiger partial charge in [0.2, 0.25) is 0 Å². The second-order valence-corrected chi connectivity index (χ2v) is 3.78. The number of anilines is 1. The van der Waals surface area contributed by atoms with Crippen LogP contribution in [0.5, 0.6) is 0 Å². The van der Waals surface area contributed by atoms with Crippen LogP contribution in [0.15, 0.2) is 48.9 Å². The van der Waals surface area contributed by atoms with E-state index in [1.807, 2.05) is 24.3 Å². The number of rotatable bonds is 3. The highest BCUT2D eigenvalue weighted by Crippen LogP contribution is 2.19. The second-order valence-electron chi connectivity index (χ2n) is 3.78. The van der Waals surface area contributed by atoms with Gasteiger partial charge >= 0.3 is 0 Å². The van der Waals surface area contributed by atoms with Crippen molar-refractivity contribution >= 4 is 11.6 Å². The van der Waals surface area contributed by atoms with Crippen LogP contribution in [0.25, 0.3) is 5.69 Å². The molecule has 0 aliphatic heterocycles. The first-order valence-corrected chi connectivity index (χ1v) is 5.61. The Morgan fingerprint density at radius 3 is 2.89 bits per heavy atom. The third kappa shape index (κ3) is 2.21. The average molecular weight is 254 g/mol. The normalized spacial score (nSPS) is 10.3. The minimum Gasteiger partial charge on any atom is -0.319 e. The number of aromatic nitrogens is 5. The largest absolute Gasteiger partial charge is 0.319 e. The van der Waals surface area contributed by atoms with Crippen molar-refractivity contribution in [3.8, 4) is 5.69 Å². The number of H-pyrrole nitrogens is 1. The summed E-state index contributed by atoms with van der Waals surface area (Å²) in [6.45, 7) is 0. The summed E-state index contributed by atoms with van der Waals surface area (Å²) in [7, 11) is 0. The van der Waals surface area contributed by atoms with Gasteiger partial charge in [0.1, 0.15) is 0 Å². The number of hydrogen-bond donors (Lipinski definition) is 2. The number of benzene rings is 1. The maximum atomic E-state index is 11.9. The molecule has 2 heterocycles. The summed E-state index contributed by atoms with van der Waals surface area (Å²) in [5.74, 6) is -0.326. The third-order valence-corrected chi connectivity index (χ3v) is 2.55. The zero-order valence-electron chi connectivity index (χ0n) is 9.82. The molecule has 0 radical (unpaired) electrons. The summed E-state index contributed by atoms with van der Waals surface area (Å²) in [6, 6.07) is 9.20. The first-order chi connectivity index (χ1) is 9.34. The van der Waals surface area contributed by atoms with Gasteiger partial charge in [-0.25, -0.2) is 4.68 Å². The number of amides is 1. The molecule has 1 aromatic carbocycles. The van der Waals surface area contributed by atoms with Crippen LogP contribution in [0.4, 0.5) is 5.69 Å². The molecule has 3 rings (SSSR count). The quantitative estimate of drug-likeness (QED) is 0.736. The first kappa shape index (κ1) is 11.1. The van der Waals surface area contributed by atoms with E-state index in [4.69, 9.17) is 0 Å². The van der Waals surface area contributed by atoms with Gasteiger partial charge < -0.3 is 5.32 Å². The van der Waals surface area contributed by atoms with Crippen molar-refractivity contribution in [1.29, 1.82) is 0 Å². The second kappa shape index (κ2) is 4.73. The van der Waals surface area contributed by atoms with Gasteiger partial charge in [0.05, 0.1) is 17.6 Å². The Hall–Kier alpha value is -2.96. The van der Waals surface area contributed by atoms with Crippen LogP contribution in [0.1, 0.15) is 10.5 Å². The van der Waals surface area contributed by atoms with Crippen molar-refractivity contribution in [2.24, 2.45) is 0 Å². The Kier molecular flexibility index (Phi) is 2.77. The van der Waals surface area contributed by atoms with Crippen molar-refractivity contribution in [2.75, 3.05) is 5.32 Å². The SMILES string of the molecule is O=C(Nc1ccccc1-n1cccn1)c1cn[nH]n1. The first-order valence-electron chi connectivity index (χ1n) is 5.61. The Morgan fingerprint density at radius 1 is 1.26 bits per heavy atom. The molecule has 3 aromatic rings. The minimum absolute atomic E-state index is 0.232. The van der Waals surface area contributed by atoms with Crippen molar-refractivity contribution in [1.82, 2.24) is 25.2 Å². The Bertz CT molecular complexity index is 674. The summed E-state index contributed by atoms with van der Waals surface area (Å²) < 4.78 is 1.68. The van der Waals surface area contributed by atoms with E-state index in [0.29, 0.717) is 5.69 Å². The number of para-hydroxylation sites is 2. The van der Waals surface area contributed by atoms with Crippen LogP contribution >= 0.6 is 0 Å². The maximum absolute atomic E-state index is 11.9. The monoisotopic (exact) mass is 254 g/mol. The molecule has 0 atom stereocenters. The van der Waals surface area contributed by atoms with Gasteiger partial charge in [0.15, 0.2) is 5.69 Å². The predicted octanol–water partition coefficient (Wildman–Crippen LogP) is 1.24. The van der Waals surface area contributed by atoms with Crippen LogP contribution < -0.4 is 5.32 Å². The summed E-state index contributed by atoms with van der Waals surface area (Å²) in [4.78, 5) is 11.9. The molecule has 0 saturated carbocycles. The highest BCUT2D eigenvalue weighted by Gasteiger charge is 2.11. The Balaban J connectivity index is 1.92. The molecule has 1 amide bonds. The van der Waals surface area contributed by atoms with Crippen LogP contribution in [-0.2, 0) is 0 Å². The average Bonchev–Trinajstić information content (AvgIpc) is 3.13. The molecule has 2 N–H and O–H groups in total. The van der Waals surface area contributed by atoms with Gasteiger partial charge in [0.25, 0.3) is 5.91 Å². The zero-order valence-corrected chi connectivity index (χ0v) is 9.82. The fourth-order valence-corrected chi connectivity index (χ4v) is 1.69. The van der Waals surface area contributed by atoms with Crippen LogP contribution in [0, 0.1) is 0 Å². The number of carbonyl (C=O) groups excluding carboxylic acids is 1.